The van der Waals surface area contributed by atoms with Gasteiger partial charge in [0.05, 0.1) is 16.6 Å². The summed E-state index contributed by atoms with van der Waals surface area (Å²) in [6, 6.07) is 12.9. The van der Waals surface area contributed by atoms with Gasteiger partial charge in [-0.3, -0.25) is 18.8 Å². The van der Waals surface area contributed by atoms with Crippen LogP contribution in [0.15, 0.2) is 47.3 Å². The summed E-state index contributed by atoms with van der Waals surface area (Å²) in [6.45, 7) is 2.18. The molecule has 2 aromatic carbocycles. The molecule has 3 heterocycles. The highest BCUT2D eigenvalue weighted by Crippen LogP contribution is 2.41. The van der Waals surface area contributed by atoms with E-state index in [1.165, 1.54) is 6.07 Å². The summed E-state index contributed by atoms with van der Waals surface area (Å²) in [7, 11) is 3.58. The van der Waals surface area contributed by atoms with Gasteiger partial charge >= 0.3 is 5.69 Å². The van der Waals surface area contributed by atoms with Crippen LogP contribution in [-0.2, 0) is 25.4 Å². The van der Waals surface area contributed by atoms with E-state index in [9.17, 15) is 14.0 Å². The molecule has 2 aliphatic rings. The number of amides is 1. The highest BCUT2D eigenvalue weighted by atomic mass is 19.1. The number of benzene rings is 2. The van der Waals surface area contributed by atoms with Gasteiger partial charge < -0.3 is 5.32 Å². The Morgan fingerprint density at radius 1 is 1.06 bits per heavy atom. The van der Waals surface area contributed by atoms with Crippen molar-refractivity contribution in [1.82, 2.24) is 19.4 Å². The monoisotopic (exact) mass is 436 g/mol. The first-order chi connectivity index (χ1) is 15.4. The summed E-state index contributed by atoms with van der Waals surface area (Å²) < 4.78 is 17.4. The first-order valence-corrected chi connectivity index (χ1v) is 11.3. The molecule has 0 aliphatic carbocycles. The van der Waals surface area contributed by atoms with Crippen molar-refractivity contribution in [3.8, 4) is 0 Å². The fourth-order valence-corrected chi connectivity index (χ4v) is 5.69. The highest BCUT2D eigenvalue weighted by molar-refractivity contribution is 5.78. The van der Waals surface area contributed by atoms with Crippen molar-refractivity contribution in [3.05, 3.63) is 69.9 Å². The number of halogens is 1. The van der Waals surface area contributed by atoms with Gasteiger partial charge in [-0.15, -0.1) is 0 Å². The van der Waals surface area contributed by atoms with E-state index in [0.717, 1.165) is 54.5 Å². The van der Waals surface area contributed by atoms with Crippen molar-refractivity contribution in [1.29, 1.82) is 0 Å². The van der Waals surface area contributed by atoms with Crippen LogP contribution in [-0.4, -0.2) is 38.6 Å². The lowest BCUT2D eigenvalue weighted by atomic mass is 9.79. The Morgan fingerprint density at radius 3 is 2.69 bits per heavy atom. The second-order valence-corrected chi connectivity index (χ2v) is 9.41. The maximum absolute atomic E-state index is 14.1. The van der Waals surface area contributed by atoms with Crippen LogP contribution in [0.25, 0.3) is 11.0 Å². The van der Waals surface area contributed by atoms with E-state index in [4.69, 9.17) is 0 Å². The van der Waals surface area contributed by atoms with Gasteiger partial charge in [-0.25, -0.2) is 9.18 Å². The van der Waals surface area contributed by atoms with Gasteiger partial charge in [-0.2, -0.15) is 0 Å². The Hall–Kier alpha value is -2.93. The highest BCUT2D eigenvalue weighted by Gasteiger charge is 2.48. The predicted molar refractivity (Wildman–Crippen MR) is 122 cm³/mol. The van der Waals surface area contributed by atoms with Crippen LogP contribution >= 0.6 is 0 Å². The summed E-state index contributed by atoms with van der Waals surface area (Å²) >= 11 is 0. The molecule has 32 heavy (non-hydrogen) atoms. The van der Waals surface area contributed by atoms with Crippen LogP contribution in [0.5, 0.6) is 0 Å². The van der Waals surface area contributed by atoms with Gasteiger partial charge in [0.25, 0.3) is 0 Å². The number of likely N-dealkylation sites (tertiary alicyclic amines) is 1. The van der Waals surface area contributed by atoms with Crippen LogP contribution < -0.4 is 11.0 Å². The number of carbonyl (C=O) groups excluding carboxylic acids is 1. The first-order valence-electron chi connectivity index (χ1n) is 11.3. The molecule has 0 radical (unpaired) electrons. The third kappa shape index (κ3) is 3.54. The summed E-state index contributed by atoms with van der Waals surface area (Å²) in [5.41, 5.74) is 3.46. The number of imidazole rings is 1. The van der Waals surface area contributed by atoms with Crippen molar-refractivity contribution in [2.45, 2.75) is 43.7 Å². The molecule has 2 saturated heterocycles. The van der Waals surface area contributed by atoms with E-state index in [2.05, 4.69) is 22.3 Å². The SMILES string of the molecule is Cn1c(=O)n(C)c2cc(CN3C[C@@H](c4cccc(F)c4)[C@@]4(CCCCC(=O)N4)C3)ccc21. The minimum absolute atomic E-state index is 0.0325. The Kier molecular flexibility index (Phi) is 5.16. The van der Waals surface area contributed by atoms with Gasteiger partial charge in [0.2, 0.25) is 5.91 Å². The van der Waals surface area contributed by atoms with E-state index in [-0.39, 0.29) is 28.9 Å². The zero-order valence-corrected chi connectivity index (χ0v) is 18.6. The second kappa shape index (κ2) is 7.89. The molecule has 2 aliphatic heterocycles. The molecular weight excluding hydrogens is 407 g/mol. The van der Waals surface area contributed by atoms with Gasteiger partial charge in [0.15, 0.2) is 0 Å². The fourth-order valence-electron chi connectivity index (χ4n) is 5.69. The molecule has 3 aromatic rings. The molecule has 2 atom stereocenters. The molecule has 2 fully saturated rings. The van der Waals surface area contributed by atoms with E-state index in [1.807, 2.05) is 12.1 Å². The molecule has 0 unspecified atom stereocenters. The topological polar surface area (TPSA) is 59.3 Å². The van der Waals surface area contributed by atoms with Gasteiger partial charge in [0, 0.05) is 46.1 Å². The Balaban J connectivity index is 1.48. The van der Waals surface area contributed by atoms with Gasteiger partial charge in [-0.05, 0) is 48.2 Å². The number of aryl methyl sites for hydroxylation is 2. The quantitative estimate of drug-likeness (QED) is 0.687. The second-order valence-electron chi connectivity index (χ2n) is 9.41. The molecule has 0 bridgehead atoms. The third-order valence-corrected chi connectivity index (χ3v) is 7.27. The summed E-state index contributed by atoms with van der Waals surface area (Å²) in [6.07, 6.45) is 3.32. The van der Waals surface area contributed by atoms with Gasteiger partial charge in [-0.1, -0.05) is 24.6 Å². The van der Waals surface area contributed by atoms with Crippen LogP contribution in [0.4, 0.5) is 4.39 Å². The summed E-state index contributed by atoms with van der Waals surface area (Å²) in [4.78, 5) is 27.2. The zero-order valence-electron chi connectivity index (χ0n) is 18.6. The molecule has 168 valence electrons. The summed E-state index contributed by atoms with van der Waals surface area (Å²) in [5, 5.41) is 3.34. The minimum Gasteiger partial charge on any atom is -0.349 e. The molecule has 1 N–H and O–H groups in total. The molecule has 1 amide bonds. The van der Waals surface area contributed by atoms with Crippen molar-refractivity contribution in [2.75, 3.05) is 13.1 Å². The smallest absolute Gasteiger partial charge is 0.328 e. The van der Waals surface area contributed by atoms with Crippen LogP contribution in [0.1, 0.15) is 42.7 Å². The Morgan fingerprint density at radius 2 is 1.88 bits per heavy atom. The normalized spacial score (nSPS) is 24.2. The largest absolute Gasteiger partial charge is 0.349 e. The average molecular weight is 437 g/mol. The minimum atomic E-state index is -0.384. The molecule has 1 spiro atoms. The third-order valence-electron chi connectivity index (χ3n) is 7.27. The van der Waals surface area contributed by atoms with Crippen molar-refractivity contribution in [2.24, 2.45) is 14.1 Å². The van der Waals surface area contributed by atoms with Crippen molar-refractivity contribution in [3.63, 3.8) is 0 Å². The first kappa shape index (κ1) is 20.9. The Bertz CT molecular complexity index is 1250. The number of nitrogens with one attached hydrogen (secondary N) is 1. The van der Waals surface area contributed by atoms with Crippen molar-refractivity contribution >= 4 is 16.9 Å². The number of nitrogens with zero attached hydrogens (tertiary/aromatic N) is 3. The van der Waals surface area contributed by atoms with Crippen LogP contribution in [0.3, 0.4) is 0 Å². The van der Waals surface area contributed by atoms with E-state index >= 15 is 0 Å². The van der Waals surface area contributed by atoms with Crippen LogP contribution in [0, 0.1) is 5.82 Å². The maximum Gasteiger partial charge on any atom is 0.328 e. The van der Waals surface area contributed by atoms with E-state index in [1.54, 1.807) is 35.4 Å². The molecule has 1 aromatic heterocycles. The number of hydrogen-bond acceptors (Lipinski definition) is 3. The van der Waals surface area contributed by atoms with E-state index < -0.39 is 0 Å². The number of carbonyl (C=O) groups is 1. The number of fused-ring (bicyclic) bond motifs is 1. The Labute approximate surface area is 186 Å². The molecule has 5 rings (SSSR count). The zero-order chi connectivity index (χ0) is 22.5. The van der Waals surface area contributed by atoms with Crippen LogP contribution in [0.2, 0.25) is 0 Å². The molecule has 7 heteroatoms. The number of rotatable bonds is 3. The lowest BCUT2D eigenvalue weighted by molar-refractivity contribution is -0.122. The lowest BCUT2D eigenvalue weighted by Crippen LogP contribution is -2.52. The predicted octanol–water partition coefficient (Wildman–Crippen LogP) is 3.04. The number of hydrogen-bond donors (Lipinski definition) is 1. The fraction of sp³-hybridized carbons (Fsp3) is 0.440. The van der Waals surface area contributed by atoms with Gasteiger partial charge in [0.1, 0.15) is 5.82 Å². The molecular formula is C25H29FN4O2. The maximum atomic E-state index is 14.1. The standard InChI is InChI=1S/C25H29FN4O2/c1-28-21-10-9-17(12-22(21)29(2)24(28)32)14-30-15-20(18-6-5-7-19(26)13-18)25(16-30)11-4-3-8-23(31)27-25/h5-7,9-10,12-13,20H,3-4,8,11,14-16H2,1-2H3,(H,27,31)/t20-,25+/m0/s1. The summed E-state index contributed by atoms with van der Waals surface area (Å²) in [5.74, 6) is -0.122. The number of aromatic nitrogens is 2. The molecule has 0 saturated carbocycles. The molecule has 6 nitrogen and oxygen atoms in total. The van der Waals surface area contributed by atoms with Crippen molar-refractivity contribution < 1.29 is 9.18 Å². The van der Waals surface area contributed by atoms with E-state index in [0.29, 0.717) is 13.0 Å². The lowest BCUT2D eigenvalue weighted by Gasteiger charge is -2.35. The average Bonchev–Trinajstić information content (AvgIpc) is 3.12.